The lowest BCUT2D eigenvalue weighted by Gasteiger charge is -1.95. The first-order valence-corrected chi connectivity index (χ1v) is 5.17. The van der Waals surface area contributed by atoms with E-state index in [-0.39, 0.29) is 0 Å². The van der Waals surface area contributed by atoms with E-state index in [9.17, 15) is 0 Å². The van der Waals surface area contributed by atoms with Gasteiger partial charge in [-0.15, -0.1) is 0 Å². The molecule has 0 amide bonds. The number of unbranched alkanes of at least 4 members (excludes halogenated alkanes) is 1. The van der Waals surface area contributed by atoms with Crippen molar-refractivity contribution in [3.63, 3.8) is 0 Å². The summed E-state index contributed by atoms with van der Waals surface area (Å²) in [5.41, 5.74) is 1.12. The first kappa shape index (κ1) is 12.7. The number of aliphatic imine (C=N–C) groups is 1. The molecule has 0 aromatic rings. The zero-order valence-corrected chi connectivity index (χ0v) is 9.21. The first-order chi connectivity index (χ1) is 6.85. The third-order valence-corrected chi connectivity index (χ3v) is 1.65. The molecule has 0 atom stereocenters. The van der Waals surface area contributed by atoms with Crippen molar-refractivity contribution in [2.24, 2.45) is 4.99 Å². The summed E-state index contributed by atoms with van der Waals surface area (Å²) in [6.07, 6.45) is 9.47. The molecule has 0 heterocycles. The molecule has 0 saturated carbocycles. The lowest BCUT2D eigenvalue weighted by Crippen LogP contribution is -1.79. The Hall–Kier alpha value is -1.29. The van der Waals surface area contributed by atoms with Gasteiger partial charge in [0.25, 0.3) is 0 Å². The fraction of sp³-hybridized carbons (Fsp3) is 0.462. The molecule has 0 aromatic heterocycles. The summed E-state index contributed by atoms with van der Waals surface area (Å²) >= 11 is 0. The molecule has 0 fully saturated rings. The number of hydrogen-bond donors (Lipinski definition) is 0. The van der Waals surface area contributed by atoms with E-state index in [0.717, 1.165) is 18.4 Å². The molecular formula is C13H19N. The van der Waals surface area contributed by atoms with Crippen LogP contribution < -0.4 is 0 Å². The van der Waals surface area contributed by atoms with Crippen molar-refractivity contribution in [3.8, 4) is 11.8 Å². The van der Waals surface area contributed by atoms with Crippen molar-refractivity contribution in [2.75, 3.05) is 0 Å². The Kier molecular flexibility index (Phi) is 8.89. The molecule has 0 saturated heterocycles. The molecule has 0 spiro atoms. The second-order valence-corrected chi connectivity index (χ2v) is 2.95. The third-order valence-electron chi connectivity index (χ3n) is 1.65. The van der Waals surface area contributed by atoms with Crippen LogP contribution in [0.2, 0.25) is 0 Å². The van der Waals surface area contributed by atoms with E-state index in [2.05, 4.69) is 37.3 Å². The van der Waals surface area contributed by atoms with Gasteiger partial charge < -0.3 is 0 Å². The quantitative estimate of drug-likeness (QED) is 0.461. The molecule has 0 aliphatic rings. The van der Waals surface area contributed by atoms with Crippen molar-refractivity contribution < 1.29 is 0 Å². The molecule has 1 heteroatoms. The fourth-order valence-corrected chi connectivity index (χ4v) is 0.922. The zero-order chi connectivity index (χ0) is 10.6. The lowest BCUT2D eigenvalue weighted by molar-refractivity contribution is 0.799. The Bertz CT molecular complexity index is 261. The largest absolute Gasteiger partial charge is 0.264 e. The van der Waals surface area contributed by atoms with Crippen LogP contribution in [0.3, 0.4) is 0 Å². The van der Waals surface area contributed by atoms with Crippen LogP contribution in [-0.4, -0.2) is 6.21 Å². The first-order valence-electron chi connectivity index (χ1n) is 5.17. The molecule has 14 heavy (non-hydrogen) atoms. The molecule has 1 nitrogen and oxygen atoms in total. The number of rotatable bonds is 5. The van der Waals surface area contributed by atoms with Gasteiger partial charge in [-0.25, -0.2) is 0 Å². The van der Waals surface area contributed by atoms with Crippen LogP contribution in [0, 0.1) is 11.8 Å². The van der Waals surface area contributed by atoms with E-state index in [1.165, 1.54) is 12.8 Å². The van der Waals surface area contributed by atoms with Gasteiger partial charge in [0.05, 0.1) is 0 Å². The van der Waals surface area contributed by atoms with Crippen LogP contribution in [-0.2, 0) is 0 Å². The van der Waals surface area contributed by atoms with Crippen LogP contribution in [0.25, 0.3) is 0 Å². The maximum atomic E-state index is 4.09. The average Bonchev–Trinajstić information content (AvgIpc) is 2.21. The molecule has 0 radical (unpaired) electrons. The van der Waals surface area contributed by atoms with E-state index >= 15 is 0 Å². The SMILES string of the molecule is C=C/C=N\C=C(\C#CCC)CCCC. The highest BCUT2D eigenvalue weighted by Gasteiger charge is 1.90. The van der Waals surface area contributed by atoms with Gasteiger partial charge in [-0.05, 0) is 12.8 Å². The number of hydrogen-bond acceptors (Lipinski definition) is 1. The molecule has 0 aliphatic heterocycles. The highest BCUT2D eigenvalue weighted by atomic mass is 14.7. The van der Waals surface area contributed by atoms with E-state index in [0.29, 0.717) is 0 Å². The van der Waals surface area contributed by atoms with Crippen molar-refractivity contribution in [2.45, 2.75) is 39.5 Å². The molecule has 76 valence electrons. The normalized spacial score (nSPS) is 11.1. The minimum absolute atomic E-state index is 0.897. The summed E-state index contributed by atoms with van der Waals surface area (Å²) in [7, 11) is 0. The topological polar surface area (TPSA) is 12.4 Å². The molecule has 0 unspecified atom stereocenters. The van der Waals surface area contributed by atoms with Crippen LogP contribution in [0.5, 0.6) is 0 Å². The van der Waals surface area contributed by atoms with Gasteiger partial charge in [0.1, 0.15) is 0 Å². The monoisotopic (exact) mass is 189 g/mol. The van der Waals surface area contributed by atoms with E-state index < -0.39 is 0 Å². The highest BCUT2D eigenvalue weighted by molar-refractivity contribution is 5.70. The smallest absolute Gasteiger partial charge is 0.0383 e. The third kappa shape index (κ3) is 7.36. The van der Waals surface area contributed by atoms with Gasteiger partial charge in [0.15, 0.2) is 0 Å². The van der Waals surface area contributed by atoms with Crippen LogP contribution in [0.1, 0.15) is 39.5 Å². The summed E-state index contributed by atoms with van der Waals surface area (Å²) in [5, 5.41) is 0. The van der Waals surface area contributed by atoms with Crippen molar-refractivity contribution in [1.29, 1.82) is 0 Å². The Morgan fingerprint density at radius 3 is 2.79 bits per heavy atom. The number of allylic oxidation sites excluding steroid dienone is 2. The Morgan fingerprint density at radius 1 is 1.43 bits per heavy atom. The summed E-state index contributed by atoms with van der Waals surface area (Å²) in [6.45, 7) is 7.80. The van der Waals surface area contributed by atoms with E-state index in [1.54, 1.807) is 12.3 Å². The molecule has 0 aliphatic carbocycles. The van der Waals surface area contributed by atoms with E-state index in [1.807, 2.05) is 6.20 Å². The molecular weight excluding hydrogens is 170 g/mol. The summed E-state index contributed by atoms with van der Waals surface area (Å²) in [6, 6.07) is 0. The summed E-state index contributed by atoms with van der Waals surface area (Å²) in [5.74, 6) is 6.19. The van der Waals surface area contributed by atoms with Crippen LogP contribution in [0.4, 0.5) is 0 Å². The summed E-state index contributed by atoms with van der Waals surface area (Å²) < 4.78 is 0. The average molecular weight is 189 g/mol. The van der Waals surface area contributed by atoms with Gasteiger partial charge in [0.2, 0.25) is 0 Å². The van der Waals surface area contributed by atoms with Gasteiger partial charge in [0, 0.05) is 24.4 Å². The van der Waals surface area contributed by atoms with Crippen molar-refractivity contribution in [3.05, 3.63) is 24.4 Å². The maximum absolute atomic E-state index is 4.09. The fourth-order valence-electron chi connectivity index (χ4n) is 0.922. The predicted octanol–water partition coefficient (Wildman–Crippen LogP) is 3.73. The second kappa shape index (κ2) is 9.80. The van der Waals surface area contributed by atoms with Crippen LogP contribution >= 0.6 is 0 Å². The van der Waals surface area contributed by atoms with Gasteiger partial charge >= 0.3 is 0 Å². The van der Waals surface area contributed by atoms with Gasteiger partial charge in [-0.2, -0.15) is 0 Å². The Labute approximate surface area is 87.6 Å². The lowest BCUT2D eigenvalue weighted by atomic mass is 10.1. The standard InChI is InChI=1S/C13H19N/c1-4-7-9-13(10-8-5-2)12-14-11-6-3/h6,11-12H,3-5,7,9H2,1-2H3/b13-12+,14-11-. The summed E-state index contributed by atoms with van der Waals surface area (Å²) in [4.78, 5) is 4.09. The molecule has 0 rings (SSSR count). The van der Waals surface area contributed by atoms with Crippen LogP contribution in [0.15, 0.2) is 29.4 Å². The maximum Gasteiger partial charge on any atom is 0.0383 e. The Morgan fingerprint density at radius 2 is 2.21 bits per heavy atom. The predicted molar refractivity (Wildman–Crippen MR) is 64.4 cm³/mol. The van der Waals surface area contributed by atoms with Crippen molar-refractivity contribution >= 4 is 6.21 Å². The minimum atomic E-state index is 0.897. The Balaban J connectivity index is 4.29. The van der Waals surface area contributed by atoms with Crippen molar-refractivity contribution in [1.82, 2.24) is 0 Å². The van der Waals surface area contributed by atoms with E-state index in [4.69, 9.17) is 0 Å². The zero-order valence-electron chi connectivity index (χ0n) is 9.21. The molecule has 0 aromatic carbocycles. The molecule has 0 N–H and O–H groups in total. The second-order valence-electron chi connectivity index (χ2n) is 2.95. The molecule has 0 bridgehead atoms. The highest BCUT2D eigenvalue weighted by Crippen LogP contribution is 2.06. The number of nitrogens with zero attached hydrogens (tertiary/aromatic N) is 1. The van der Waals surface area contributed by atoms with Gasteiger partial charge in [-0.3, -0.25) is 4.99 Å². The minimum Gasteiger partial charge on any atom is -0.264 e. The van der Waals surface area contributed by atoms with Gasteiger partial charge in [-0.1, -0.05) is 44.8 Å².